The van der Waals surface area contributed by atoms with E-state index in [1.165, 1.54) is 0 Å². The molecule has 0 aliphatic rings. The molecule has 0 amide bonds. The molecule has 4 nitrogen and oxygen atoms in total. The fourth-order valence-electron chi connectivity index (χ4n) is 2.62. The van der Waals surface area contributed by atoms with Gasteiger partial charge >= 0.3 is 0 Å². The van der Waals surface area contributed by atoms with E-state index in [9.17, 15) is 5.11 Å². The van der Waals surface area contributed by atoms with Crippen molar-refractivity contribution < 1.29 is 5.11 Å². The summed E-state index contributed by atoms with van der Waals surface area (Å²) in [5, 5.41) is 13.9. The number of para-hydroxylation sites is 2. The van der Waals surface area contributed by atoms with Crippen LogP contribution in [0.15, 0.2) is 54.6 Å². The van der Waals surface area contributed by atoms with Crippen LogP contribution in [-0.4, -0.2) is 21.6 Å². The maximum atomic E-state index is 10.6. The summed E-state index contributed by atoms with van der Waals surface area (Å²) < 4.78 is 0. The number of aliphatic hydroxyl groups is 1. The van der Waals surface area contributed by atoms with E-state index in [0.717, 1.165) is 28.1 Å². The lowest BCUT2D eigenvalue weighted by atomic mass is 9.93. The molecule has 0 saturated heterocycles. The van der Waals surface area contributed by atoms with Gasteiger partial charge in [-0.1, -0.05) is 42.5 Å². The highest BCUT2D eigenvalue weighted by atomic mass is 16.3. The average Bonchev–Trinajstić information content (AvgIpc) is 2.56. The van der Waals surface area contributed by atoms with Crippen molar-refractivity contribution in [3.8, 4) is 0 Å². The van der Waals surface area contributed by atoms with E-state index in [4.69, 9.17) is 0 Å². The minimum atomic E-state index is -0.869. The van der Waals surface area contributed by atoms with Gasteiger partial charge in [-0.3, -0.25) is 0 Å². The molecule has 0 saturated carbocycles. The number of nitrogens with one attached hydrogen (secondary N) is 1. The highest BCUT2D eigenvalue weighted by Gasteiger charge is 2.22. The zero-order valence-electron chi connectivity index (χ0n) is 13.5. The van der Waals surface area contributed by atoms with Crippen molar-refractivity contribution in [2.75, 3.05) is 11.9 Å². The second-order valence-electron chi connectivity index (χ2n) is 5.96. The molecule has 3 aromatic rings. The monoisotopic (exact) mass is 307 g/mol. The van der Waals surface area contributed by atoms with Gasteiger partial charge in [-0.15, -0.1) is 0 Å². The van der Waals surface area contributed by atoms with Gasteiger partial charge < -0.3 is 10.4 Å². The van der Waals surface area contributed by atoms with Gasteiger partial charge in [-0.25, -0.2) is 9.97 Å². The number of nitrogens with zero attached hydrogens (tertiary/aromatic N) is 2. The highest BCUT2D eigenvalue weighted by Crippen LogP contribution is 2.24. The van der Waals surface area contributed by atoms with Gasteiger partial charge in [0.2, 0.25) is 0 Å². The smallest absolute Gasteiger partial charge is 0.148 e. The average molecular weight is 307 g/mol. The van der Waals surface area contributed by atoms with Crippen LogP contribution in [0.4, 0.5) is 5.82 Å². The van der Waals surface area contributed by atoms with Crippen molar-refractivity contribution in [2.24, 2.45) is 0 Å². The Balaban J connectivity index is 1.70. The Hall–Kier alpha value is -2.46. The molecule has 1 aromatic heterocycles. The SMILES string of the molecule is Cc1nc2ccccc2nc1NCCC(C)(O)c1ccccc1. The van der Waals surface area contributed by atoms with Gasteiger partial charge in [0.25, 0.3) is 0 Å². The zero-order valence-corrected chi connectivity index (χ0v) is 13.5. The van der Waals surface area contributed by atoms with Gasteiger partial charge in [0.1, 0.15) is 5.82 Å². The molecule has 0 fully saturated rings. The van der Waals surface area contributed by atoms with Gasteiger partial charge in [-0.05, 0) is 38.0 Å². The summed E-state index contributed by atoms with van der Waals surface area (Å²) >= 11 is 0. The van der Waals surface area contributed by atoms with E-state index in [1.54, 1.807) is 0 Å². The molecule has 0 radical (unpaired) electrons. The molecule has 2 N–H and O–H groups in total. The number of anilines is 1. The van der Waals surface area contributed by atoms with Crippen LogP contribution in [-0.2, 0) is 5.60 Å². The molecular formula is C19H21N3O. The first-order valence-electron chi connectivity index (χ1n) is 7.81. The van der Waals surface area contributed by atoms with Crippen LogP contribution in [0.5, 0.6) is 0 Å². The fraction of sp³-hybridized carbons (Fsp3) is 0.263. The zero-order chi connectivity index (χ0) is 16.3. The predicted octanol–water partition coefficient (Wildman–Crippen LogP) is 3.65. The summed E-state index contributed by atoms with van der Waals surface area (Å²) in [7, 11) is 0. The van der Waals surface area contributed by atoms with E-state index >= 15 is 0 Å². The lowest BCUT2D eigenvalue weighted by molar-refractivity contribution is 0.0515. The van der Waals surface area contributed by atoms with Crippen LogP contribution in [0.3, 0.4) is 0 Å². The maximum absolute atomic E-state index is 10.6. The lowest BCUT2D eigenvalue weighted by Gasteiger charge is -2.24. The standard InChI is InChI=1S/C19H21N3O/c1-14-18(22-17-11-7-6-10-16(17)21-14)20-13-12-19(2,23)15-8-4-3-5-9-15/h3-11,23H,12-13H2,1-2H3,(H,20,22). The molecule has 1 unspecified atom stereocenters. The first-order chi connectivity index (χ1) is 11.1. The Morgan fingerprint density at radius 1 is 0.957 bits per heavy atom. The normalized spacial score (nSPS) is 13.7. The first-order valence-corrected chi connectivity index (χ1v) is 7.81. The summed E-state index contributed by atoms with van der Waals surface area (Å²) in [5.74, 6) is 0.771. The molecule has 118 valence electrons. The van der Waals surface area contributed by atoms with E-state index in [2.05, 4.69) is 15.3 Å². The maximum Gasteiger partial charge on any atom is 0.148 e. The largest absolute Gasteiger partial charge is 0.385 e. The molecule has 1 heterocycles. The molecule has 0 spiro atoms. The fourth-order valence-corrected chi connectivity index (χ4v) is 2.62. The third-order valence-corrected chi connectivity index (χ3v) is 4.04. The molecule has 1 atom stereocenters. The molecule has 3 rings (SSSR count). The Labute approximate surface area is 136 Å². The number of benzene rings is 2. The van der Waals surface area contributed by atoms with Crippen molar-refractivity contribution in [3.63, 3.8) is 0 Å². The Morgan fingerprint density at radius 3 is 2.26 bits per heavy atom. The molecule has 0 aliphatic heterocycles. The Morgan fingerprint density at radius 2 is 1.57 bits per heavy atom. The molecular weight excluding hydrogens is 286 g/mol. The van der Waals surface area contributed by atoms with Crippen LogP contribution in [0.25, 0.3) is 11.0 Å². The number of aryl methyl sites for hydroxylation is 1. The van der Waals surface area contributed by atoms with Crippen molar-refractivity contribution in [1.82, 2.24) is 9.97 Å². The third kappa shape index (κ3) is 3.48. The van der Waals surface area contributed by atoms with E-state index in [0.29, 0.717) is 13.0 Å². The van der Waals surface area contributed by atoms with E-state index in [1.807, 2.05) is 68.4 Å². The number of fused-ring (bicyclic) bond motifs is 1. The molecule has 0 aliphatic carbocycles. The Bertz CT molecular complexity index is 800. The topological polar surface area (TPSA) is 58.0 Å². The van der Waals surface area contributed by atoms with Crippen molar-refractivity contribution in [2.45, 2.75) is 25.9 Å². The first kappa shape index (κ1) is 15.4. The van der Waals surface area contributed by atoms with Gasteiger partial charge in [-0.2, -0.15) is 0 Å². The summed E-state index contributed by atoms with van der Waals surface area (Å²) in [6, 6.07) is 17.5. The number of rotatable bonds is 5. The van der Waals surface area contributed by atoms with Crippen molar-refractivity contribution in [3.05, 3.63) is 65.9 Å². The molecule has 2 aromatic carbocycles. The predicted molar refractivity (Wildman–Crippen MR) is 93.4 cm³/mol. The number of hydrogen-bond donors (Lipinski definition) is 2. The number of hydrogen-bond acceptors (Lipinski definition) is 4. The van der Waals surface area contributed by atoms with Crippen LogP contribution in [0.2, 0.25) is 0 Å². The molecule has 4 heteroatoms. The summed E-state index contributed by atoms with van der Waals surface area (Å²) in [6.45, 7) is 4.40. The van der Waals surface area contributed by atoms with Gasteiger partial charge in [0.15, 0.2) is 0 Å². The highest BCUT2D eigenvalue weighted by molar-refractivity contribution is 5.76. The van der Waals surface area contributed by atoms with Crippen molar-refractivity contribution >= 4 is 16.9 Å². The molecule has 0 bridgehead atoms. The van der Waals surface area contributed by atoms with Gasteiger partial charge in [0.05, 0.1) is 22.3 Å². The molecule has 23 heavy (non-hydrogen) atoms. The summed E-state index contributed by atoms with van der Waals surface area (Å²) in [5.41, 5.74) is 2.68. The number of aromatic nitrogens is 2. The van der Waals surface area contributed by atoms with E-state index < -0.39 is 5.60 Å². The second-order valence-corrected chi connectivity index (χ2v) is 5.96. The minimum absolute atomic E-state index is 0.588. The minimum Gasteiger partial charge on any atom is -0.385 e. The van der Waals surface area contributed by atoms with Crippen LogP contribution in [0, 0.1) is 6.92 Å². The van der Waals surface area contributed by atoms with Crippen LogP contribution < -0.4 is 5.32 Å². The van der Waals surface area contributed by atoms with Gasteiger partial charge in [0, 0.05) is 6.54 Å². The van der Waals surface area contributed by atoms with Crippen molar-refractivity contribution in [1.29, 1.82) is 0 Å². The van der Waals surface area contributed by atoms with Crippen LogP contribution >= 0.6 is 0 Å². The second kappa shape index (κ2) is 6.34. The summed E-state index contributed by atoms with van der Waals surface area (Å²) in [6.07, 6.45) is 0.588. The third-order valence-electron chi connectivity index (χ3n) is 4.04. The summed E-state index contributed by atoms with van der Waals surface area (Å²) in [4.78, 5) is 9.17. The van der Waals surface area contributed by atoms with E-state index in [-0.39, 0.29) is 0 Å². The quantitative estimate of drug-likeness (QED) is 0.755. The Kier molecular flexibility index (Phi) is 4.26. The van der Waals surface area contributed by atoms with Crippen LogP contribution in [0.1, 0.15) is 24.6 Å². The lowest BCUT2D eigenvalue weighted by Crippen LogP contribution is -2.25.